The van der Waals surface area contributed by atoms with Crippen LogP contribution in [0.4, 0.5) is 0 Å². The van der Waals surface area contributed by atoms with Gasteiger partial charge in [0.1, 0.15) is 11.3 Å². The summed E-state index contributed by atoms with van der Waals surface area (Å²) in [4.78, 5) is 9.12. The maximum Gasteiger partial charge on any atom is 0.215 e. The third-order valence-corrected chi connectivity index (χ3v) is 4.00. The molecule has 0 aliphatic heterocycles. The molecule has 0 fully saturated rings. The van der Waals surface area contributed by atoms with Crippen molar-refractivity contribution in [2.24, 2.45) is 0 Å². The lowest BCUT2D eigenvalue weighted by Gasteiger charge is -2.10. The van der Waals surface area contributed by atoms with Crippen LogP contribution >= 0.6 is 34.2 Å². The molecule has 6 heteroatoms. The van der Waals surface area contributed by atoms with Crippen molar-refractivity contribution in [3.8, 4) is 11.6 Å². The van der Waals surface area contributed by atoms with Gasteiger partial charge in [-0.25, -0.2) is 4.98 Å². The molecule has 3 aromatic rings. The summed E-state index contributed by atoms with van der Waals surface area (Å²) >= 11 is 8.58. The molecule has 0 N–H and O–H groups in total. The second kappa shape index (κ2) is 5.81. The average molecular weight is 414 g/mol. The molecule has 2 aromatic heterocycles. The van der Waals surface area contributed by atoms with Gasteiger partial charge in [-0.15, -0.1) is 11.6 Å². The van der Waals surface area contributed by atoms with Crippen molar-refractivity contribution in [2.45, 2.75) is 12.3 Å². The number of rotatable bonds is 3. The van der Waals surface area contributed by atoms with Crippen LogP contribution in [-0.4, -0.2) is 21.6 Å². The number of pyridine rings is 1. The number of halogens is 2. The Kier molecular flexibility index (Phi) is 4.03. The Morgan fingerprint density at radius 2 is 2.05 bits per heavy atom. The van der Waals surface area contributed by atoms with E-state index in [0.717, 1.165) is 26.2 Å². The number of imidazole rings is 1. The predicted octanol–water partition coefficient (Wildman–Crippen LogP) is 4.33. The Morgan fingerprint density at radius 1 is 1.24 bits per heavy atom. The Hall–Kier alpha value is -1.34. The van der Waals surface area contributed by atoms with E-state index in [-0.39, 0.29) is 5.38 Å². The molecule has 1 aromatic carbocycles. The summed E-state index contributed by atoms with van der Waals surface area (Å²) in [6.07, 6.45) is 0. The first-order valence-corrected chi connectivity index (χ1v) is 7.95. The van der Waals surface area contributed by atoms with Gasteiger partial charge in [0.15, 0.2) is 5.65 Å². The number of nitrogens with zero attached hydrogens (tertiary/aromatic N) is 3. The zero-order valence-electron chi connectivity index (χ0n) is 11.5. The predicted molar refractivity (Wildman–Crippen MR) is 92.4 cm³/mol. The van der Waals surface area contributed by atoms with E-state index in [1.165, 1.54) is 0 Å². The van der Waals surface area contributed by atoms with Gasteiger partial charge in [0.25, 0.3) is 0 Å². The lowest BCUT2D eigenvalue weighted by atomic mass is 10.3. The van der Waals surface area contributed by atoms with Crippen molar-refractivity contribution in [1.82, 2.24) is 14.5 Å². The van der Waals surface area contributed by atoms with E-state index in [1.54, 1.807) is 13.2 Å². The summed E-state index contributed by atoms with van der Waals surface area (Å²) in [5.74, 6) is 1.33. The molecule has 4 nitrogen and oxygen atoms in total. The number of hydrogen-bond donors (Lipinski definition) is 0. The molecule has 3 rings (SSSR count). The van der Waals surface area contributed by atoms with Crippen LogP contribution in [0.3, 0.4) is 0 Å². The van der Waals surface area contributed by atoms with Gasteiger partial charge in [-0.3, -0.25) is 4.57 Å². The van der Waals surface area contributed by atoms with E-state index < -0.39 is 0 Å². The molecule has 108 valence electrons. The lowest BCUT2D eigenvalue weighted by molar-refractivity contribution is 0.399. The molecule has 1 unspecified atom stereocenters. The monoisotopic (exact) mass is 413 g/mol. The number of hydrogen-bond acceptors (Lipinski definition) is 3. The summed E-state index contributed by atoms with van der Waals surface area (Å²) in [5, 5.41) is -0.219. The quantitative estimate of drug-likeness (QED) is 0.474. The molecule has 0 saturated heterocycles. The van der Waals surface area contributed by atoms with Crippen molar-refractivity contribution < 1.29 is 4.74 Å². The molecular weight excluding hydrogens is 401 g/mol. The van der Waals surface area contributed by atoms with Crippen LogP contribution in [0.2, 0.25) is 0 Å². The van der Waals surface area contributed by atoms with Crippen LogP contribution in [0.1, 0.15) is 18.1 Å². The zero-order valence-corrected chi connectivity index (χ0v) is 14.5. The smallest absolute Gasteiger partial charge is 0.215 e. The number of ether oxygens (including phenoxy) is 1. The van der Waals surface area contributed by atoms with E-state index in [1.807, 2.05) is 35.8 Å². The summed E-state index contributed by atoms with van der Waals surface area (Å²) in [6, 6.07) is 11.8. The van der Waals surface area contributed by atoms with Crippen LogP contribution in [0.5, 0.6) is 5.88 Å². The van der Waals surface area contributed by atoms with Crippen molar-refractivity contribution in [1.29, 1.82) is 0 Å². The summed E-state index contributed by atoms with van der Waals surface area (Å²) in [6.45, 7) is 1.91. The fourth-order valence-electron chi connectivity index (χ4n) is 2.21. The molecule has 0 bridgehead atoms. The second-order valence-electron chi connectivity index (χ2n) is 4.60. The number of fused-ring (bicyclic) bond motifs is 1. The second-order valence-corrected chi connectivity index (χ2v) is 6.50. The fraction of sp³-hybridized carbons (Fsp3) is 0.200. The first-order valence-electron chi connectivity index (χ1n) is 6.43. The average Bonchev–Trinajstić information content (AvgIpc) is 2.85. The van der Waals surface area contributed by atoms with Crippen LogP contribution < -0.4 is 4.74 Å². The van der Waals surface area contributed by atoms with Gasteiger partial charge in [-0.1, -0.05) is 6.07 Å². The summed E-state index contributed by atoms with van der Waals surface area (Å²) in [5.41, 5.74) is 2.55. The van der Waals surface area contributed by atoms with Gasteiger partial charge in [-0.05, 0) is 53.8 Å². The van der Waals surface area contributed by atoms with Crippen LogP contribution in [0.25, 0.3) is 16.9 Å². The first-order chi connectivity index (χ1) is 10.1. The van der Waals surface area contributed by atoms with Gasteiger partial charge < -0.3 is 4.74 Å². The van der Waals surface area contributed by atoms with Crippen LogP contribution in [0, 0.1) is 3.57 Å². The van der Waals surface area contributed by atoms with Gasteiger partial charge in [0.05, 0.1) is 12.5 Å². The van der Waals surface area contributed by atoms with Gasteiger partial charge in [0.2, 0.25) is 5.88 Å². The maximum atomic E-state index is 6.30. The Morgan fingerprint density at radius 3 is 2.71 bits per heavy atom. The number of aromatic nitrogens is 3. The van der Waals surface area contributed by atoms with E-state index in [2.05, 4.69) is 38.6 Å². The Balaban J connectivity index is 2.34. The van der Waals surface area contributed by atoms with Gasteiger partial charge >= 0.3 is 0 Å². The lowest BCUT2D eigenvalue weighted by Crippen LogP contribution is -2.03. The number of benzene rings is 1. The molecule has 0 saturated carbocycles. The van der Waals surface area contributed by atoms with Gasteiger partial charge in [-0.2, -0.15) is 4.98 Å². The zero-order chi connectivity index (χ0) is 15.0. The summed E-state index contributed by atoms with van der Waals surface area (Å²) in [7, 11) is 1.60. The standard InChI is InChI=1S/C15H13ClIN3O/c1-9(16)14-18-12-6-7-13(21-2)19-15(12)20(14)11-5-3-4-10(17)8-11/h3-9H,1-2H3. The highest BCUT2D eigenvalue weighted by molar-refractivity contribution is 14.1. The SMILES string of the molecule is COc1ccc2nc(C(C)Cl)n(-c3cccc(I)c3)c2n1. The normalized spacial score (nSPS) is 12.6. The highest BCUT2D eigenvalue weighted by Crippen LogP contribution is 2.28. The number of methoxy groups -OCH3 is 1. The van der Waals surface area contributed by atoms with E-state index in [0.29, 0.717) is 5.88 Å². The molecule has 21 heavy (non-hydrogen) atoms. The molecule has 0 aliphatic carbocycles. The molecule has 2 heterocycles. The van der Waals surface area contributed by atoms with E-state index >= 15 is 0 Å². The molecular formula is C15H13ClIN3O. The minimum Gasteiger partial charge on any atom is -0.481 e. The molecule has 0 spiro atoms. The largest absolute Gasteiger partial charge is 0.481 e. The first kappa shape index (κ1) is 14.6. The third-order valence-electron chi connectivity index (χ3n) is 3.14. The van der Waals surface area contributed by atoms with Crippen molar-refractivity contribution in [2.75, 3.05) is 7.11 Å². The van der Waals surface area contributed by atoms with E-state index in [9.17, 15) is 0 Å². The topological polar surface area (TPSA) is 39.9 Å². The Labute approximate surface area is 141 Å². The number of alkyl halides is 1. The highest BCUT2D eigenvalue weighted by Gasteiger charge is 2.18. The minimum absolute atomic E-state index is 0.219. The van der Waals surface area contributed by atoms with Crippen LogP contribution in [-0.2, 0) is 0 Å². The Bertz CT molecular complexity index is 801. The van der Waals surface area contributed by atoms with Gasteiger partial charge in [0, 0.05) is 15.3 Å². The minimum atomic E-state index is -0.219. The maximum absolute atomic E-state index is 6.30. The van der Waals surface area contributed by atoms with Crippen LogP contribution in [0.15, 0.2) is 36.4 Å². The fourth-order valence-corrected chi connectivity index (χ4v) is 2.88. The molecule has 1 atom stereocenters. The molecule has 0 aliphatic rings. The molecule has 0 radical (unpaired) electrons. The van der Waals surface area contributed by atoms with Crippen molar-refractivity contribution >= 4 is 45.4 Å². The van der Waals surface area contributed by atoms with E-state index in [4.69, 9.17) is 16.3 Å². The molecule has 0 amide bonds. The summed E-state index contributed by atoms with van der Waals surface area (Å²) < 4.78 is 8.35. The third kappa shape index (κ3) is 2.72. The van der Waals surface area contributed by atoms with Crippen molar-refractivity contribution in [3.05, 3.63) is 45.8 Å². The highest BCUT2D eigenvalue weighted by atomic mass is 127. The van der Waals surface area contributed by atoms with Crippen molar-refractivity contribution in [3.63, 3.8) is 0 Å².